The minimum atomic E-state index is -0.498. The van der Waals surface area contributed by atoms with Crippen molar-refractivity contribution in [3.8, 4) is 34.1 Å². The fourth-order valence-electron chi connectivity index (χ4n) is 5.02. The van der Waals surface area contributed by atoms with Gasteiger partial charge in [0.1, 0.15) is 34.2 Å². The summed E-state index contributed by atoms with van der Waals surface area (Å²) in [7, 11) is 0. The van der Waals surface area contributed by atoms with Crippen LogP contribution in [0.4, 0.5) is 0 Å². The van der Waals surface area contributed by atoms with Gasteiger partial charge in [0.25, 0.3) is 0 Å². The average Bonchev–Trinajstić information content (AvgIpc) is 2.81. The summed E-state index contributed by atoms with van der Waals surface area (Å²) in [6.07, 6.45) is 7.93. The van der Waals surface area contributed by atoms with E-state index >= 15 is 0 Å². The zero-order valence-electron chi connectivity index (χ0n) is 19.6. The molecule has 0 spiro atoms. The maximum Gasteiger partial charge on any atom is 0.136 e. The van der Waals surface area contributed by atoms with Gasteiger partial charge in [-0.05, 0) is 39.8 Å². The molecule has 4 aromatic rings. The summed E-state index contributed by atoms with van der Waals surface area (Å²) in [5.41, 5.74) is 1.55. The summed E-state index contributed by atoms with van der Waals surface area (Å²) >= 11 is 0. The van der Waals surface area contributed by atoms with E-state index in [1.165, 1.54) is 0 Å². The zero-order valence-corrected chi connectivity index (χ0v) is 19.6. The third kappa shape index (κ3) is 2.91. The van der Waals surface area contributed by atoms with Crippen LogP contribution in [-0.2, 0) is 0 Å². The van der Waals surface area contributed by atoms with Crippen LogP contribution in [0.15, 0.2) is 60.7 Å². The summed E-state index contributed by atoms with van der Waals surface area (Å²) in [5.74, 6) is 1.60. The lowest BCUT2D eigenvalue weighted by Gasteiger charge is -2.33. The molecule has 0 atom stereocenters. The number of phenolic OH excluding ortho intramolecular Hbond substituents is 2. The highest BCUT2D eigenvalue weighted by Crippen LogP contribution is 2.55. The Hall–Kier alpha value is -3.92. The Kier molecular flexibility index (Phi) is 4.13. The van der Waals surface area contributed by atoms with Crippen molar-refractivity contribution >= 4 is 33.7 Å². The van der Waals surface area contributed by atoms with Crippen LogP contribution < -0.4 is 9.47 Å². The van der Waals surface area contributed by atoms with E-state index in [1.807, 2.05) is 101 Å². The van der Waals surface area contributed by atoms with Crippen molar-refractivity contribution in [3.05, 3.63) is 71.8 Å². The van der Waals surface area contributed by atoms with Crippen molar-refractivity contribution in [3.63, 3.8) is 0 Å². The maximum atomic E-state index is 11.6. The number of aromatic hydroxyl groups is 2. The molecule has 4 aromatic carbocycles. The van der Waals surface area contributed by atoms with Gasteiger partial charge in [0.2, 0.25) is 0 Å². The first-order valence-electron chi connectivity index (χ1n) is 11.5. The number of hydrogen-bond donors (Lipinski definition) is 2. The number of benzene rings is 4. The second-order valence-corrected chi connectivity index (χ2v) is 10.1. The number of rotatable bonds is 1. The second kappa shape index (κ2) is 6.80. The van der Waals surface area contributed by atoms with Crippen LogP contribution in [0.5, 0.6) is 23.0 Å². The van der Waals surface area contributed by atoms with Gasteiger partial charge in [-0.3, -0.25) is 0 Å². The molecule has 0 amide bonds. The molecule has 170 valence electrons. The second-order valence-electron chi connectivity index (χ2n) is 10.1. The van der Waals surface area contributed by atoms with Crippen molar-refractivity contribution in [1.82, 2.24) is 0 Å². The summed E-state index contributed by atoms with van der Waals surface area (Å²) in [5, 5.41) is 26.3. The van der Waals surface area contributed by atoms with E-state index in [-0.39, 0.29) is 11.5 Å². The van der Waals surface area contributed by atoms with Crippen molar-refractivity contribution in [2.45, 2.75) is 38.9 Å². The van der Waals surface area contributed by atoms with E-state index in [1.54, 1.807) is 0 Å². The molecule has 0 bridgehead atoms. The zero-order chi connectivity index (χ0) is 23.8. The van der Waals surface area contributed by atoms with Gasteiger partial charge in [-0.1, -0.05) is 60.7 Å². The lowest BCUT2D eigenvalue weighted by atomic mass is 9.84. The molecule has 0 radical (unpaired) electrons. The quantitative estimate of drug-likeness (QED) is 0.316. The number of hydrogen-bond acceptors (Lipinski definition) is 4. The summed E-state index contributed by atoms with van der Waals surface area (Å²) in [6, 6.07) is 15.3. The lowest BCUT2D eigenvalue weighted by Crippen LogP contribution is -2.28. The molecule has 2 aliphatic heterocycles. The van der Waals surface area contributed by atoms with Crippen molar-refractivity contribution < 1.29 is 19.7 Å². The van der Waals surface area contributed by atoms with Crippen LogP contribution in [0.25, 0.3) is 44.8 Å². The predicted molar refractivity (Wildman–Crippen MR) is 138 cm³/mol. The SMILES string of the molecule is CC1(C)C=Cc2c(-c3c4c(c5ccccc5c3O)OC(C)(C)C=C4)c(O)c3ccccc3c2O1. The molecule has 4 nitrogen and oxygen atoms in total. The van der Waals surface area contributed by atoms with Crippen LogP contribution in [-0.4, -0.2) is 21.4 Å². The molecule has 0 aliphatic carbocycles. The molecular weight excluding hydrogens is 424 g/mol. The van der Waals surface area contributed by atoms with Gasteiger partial charge in [0.15, 0.2) is 0 Å². The van der Waals surface area contributed by atoms with Gasteiger partial charge in [-0.15, -0.1) is 0 Å². The number of ether oxygens (including phenoxy) is 2. The average molecular weight is 451 g/mol. The largest absolute Gasteiger partial charge is 0.507 e. The van der Waals surface area contributed by atoms with Gasteiger partial charge in [0.05, 0.1) is 0 Å². The Balaban J connectivity index is 1.80. The molecular formula is C30H26O4. The van der Waals surface area contributed by atoms with Gasteiger partial charge in [-0.25, -0.2) is 0 Å². The van der Waals surface area contributed by atoms with E-state index in [0.29, 0.717) is 33.4 Å². The molecule has 2 N–H and O–H groups in total. The van der Waals surface area contributed by atoms with Crippen LogP contribution in [0, 0.1) is 0 Å². The topological polar surface area (TPSA) is 58.9 Å². The maximum absolute atomic E-state index is 11.6. The predicted octanol–water partition coefficient (Wildman–Crippen LogP) is 7.44. The van der Waals surface area contributed by atoms with Crippen LogP contribution >= 0.6 is 0 Å². The normalized spacial score (nSPS) is 17.2. The van der Waals surface area contributed by atoms with Gasteiger partial charge in [-0.2, -0.15) is 0 Å². The summed E-state index contributed by atoms with van der Waals surface area (Å²) in [6.45, 7) is 8.01. The van der Waals surface area contributed by atoms with Crippen LogP contribution in [0.1, 0.15) is 38.8 Å². The fraction of sp³-hybridized carbons (Fsp3) is 0.200. The first kappa shape index (κ1) is 20.7. The van der Waals surface area contributed by atoms with Gasteiger partial charge >= 0.3 is 0 Å². The van der Waals surface area contributed by atoms with E-state index in [0.717, 1.165) is 21.9 Å². The first-order valence-corrected chi connectivity index (χ1v) is 11.5. The molecule has 0 unspecified atom stereocenters. The van der Waals surface area contributed by atoms with Gasteiger partial charge < -0.3 is 19.7 Å². The third-order valence-corrected chi connectivity index (χ3v) is 6.64. The van der Waals surface area contributed by atoms with Gasteiger partial charge in [0, 0.05) is 43.8 Å². The van der Waals surface area contributed by atoms with E-state index < -0.39 is 11.2 Å². The summed E-state index contributed by atoms with van der Waals surface area (Å²) < 4.78 is 12.9. The Morgan fingerprint density at radius 3 is 1.29 bits per heavy atom. The molecule has 0 aromatic heterocycles. The van der Waals surface area contributed by atoms with E-state index in [2.05, 4.69) is 0 Å². The first-order chi connectivity index (χ1) is 16.2. The Bertz CT molecular complexity index is 1450. The molecule has 2 aliphatic rings. The van der Waals surface area contributed by atoms with Crippen LogP contribution in [0.2, 0.25) is 0 Å². The monoisotopic (exact) mass is 450 g/mol. The number of fused-ring (bicyclic) bond motifs is 6. The molecule has 0 fully saturated rings. The highest BCUT2D eigenvalue weighted by atomic mass is 16.5. The minimum absolute atomic E-state index is 0.105. The van der Waals surface area contributed by atoms with E-state index in [9.17, 15) is 10.2 Å². The van der Waals surface area contributed by atoms with E-state index in [4.69, 9.17) is 9.47 Å². The Morgan fingerprint density at radius 1 is 0.559 bits per heavy atom. The van der Waals surface area contributed by atoms with Crippen LogP contribution in [0.3, 0.4) is 0 Å². The molecule has 0 saturated carbocycles. The standard InChI is InChI=1S/C30H26O4/c1-29(2)15-13-21-23(25(31)17-9-5-7-11-19(17)27(21)33-29)24-22-14-16-30(3,4)34-28(22)20-12-8-6-10-18(20)26(24)32/h5-16,31-32H,1-4H3. The number of phenols is 2. The Morgan fingerprint density at radius 2 is 0.912 bits per heavy atom. The van der Waals surface area contributed by atoms with Crippen molar-refractivity contribution in [1.29, 1.82) is 0 Å². The smallest absolute Gasteiger partial charge is 0.136 e. The molecule has 2 heterocycles. The molecule has 0 saturated heterocycles. The molecule has 6 rings (SSSR count). The highest BCUT2D eigenvalue weighted by Gasteiger charge is 2.33. The Labute approximate surface area is 198 Å². The van der Waals surface area contributed by atoms with Crippen molar-refractivity contribution in [2.24, 2.45) is 0 Å². The molecule has 4 heteroatoms. The third-order valence-electron chi connectivity index (χ3n) is 6.64. The summed E-state index contributed by atoms with van der Waals surface area (Å²) in [4.78, 5) is 0. The highest BCUT2D eigenvalue weighted by molar-refractivity contribution is 6.11. The molecule has 34 heavy (non-hydrogen) atoms. The lowest BCUT2D eigenvalue weighted by molar-refractivity contribution is 0.161. The van der Waals surface area contributed by atoms with Crippen molar-refractivity contribution in [2.75, 3.05) is 0 Å². The fourth-order valence-corrected chi connectivity index (χ4v) is 5.02. The minimum Gasteiger partial charge on any atom is -0.507 e.